The lowest BCUT2D eigenvalue weighted by molar-refractivity contribution is 0.110. The van der Waals surface area contributed by atoms with Crippen LogP contribution < -0.4 is 0 Å². The zero-order valence-electron chi connectivity index (χ0n) is 6.49. The van der Waals surface area contributed by atoms with Gasteiger partial charge in [-0.15, -0.1) is 0 Å². The molecule has 0 aliphatic heterocycles. The van der Waals surface area contributed by atoms with Crippen LogP contribution in [0.25, 0.3) is 0 Å². The average Bonchev–Trinajstić information content (AvgIpc) is 2.02. The molecule has 0 aliphatic rings. The molecule has 0 spiro atoms. The Morgan fingerprint density at radius 1 is 1.36 bits per heavy atom. The van der Waals surface area contributed by atoms with E-state index in [0.29, 0.717) is 6.42 Å². The van der Waals surface area contributed by atoms with Gasteiger partial charge in [-0.3, -0.25) is 0 Å². The summed E-state index contributed by atoms with van der Waals surface area (Å²) in [6, 6.07) is 0. The van der Waals surface area contributed by atoms with E-state index in [0.717, 1.165) is 0 Å². The molecular weight excluding hydrogens is 148 g/mol. The van der Waals surface area contributed by atoms with E-state index in [4.69, 9.17) is 20.4 Å². The van der Waals surface area contributed by atoms with Crippen molar-refractivity contribution in [2.24, 2.45) is 0 Å². The van der Waals surface area contributed by atoms with Gasteiger partial charge in [-0.05, 0) is 6.92 Å². The van der Waals surface area contributed by atoms with Crippen molar-refractivity contribution in [1.29, 1.82) is 0 Å². The van der Waals surface area contributed by atoms with Gasteiger partial charge in [-0.2, -0.15) is 0 Å². The van der Waals surface area contributed by atoms with E-state index in [1.807, 2.05) is 0 Å². The van der Waals surface area contributed by atoms with Gasteiger partial charge in [0, 0.05) is 6.42 Å². The summed E-state index contributed by atoms with van der Waals surface area (Å²) in [5, 5.41) is 31.7. The minimum absolute atomic E-state index is 0.0214. The third-order valence-corrected chi connectivity index (χ3v) is 0.580. The van der Waals surface area contributed by atoms with Gasteiger partial charge in [0.1, 0.15) is 6.11 Å². The van der Waals surface area contributed by atoms with Crippen LogP contribution in [0.5, 0.6) is 0 Å². The quantitative estimate of drug-likeness (QED) is 0.395. The van der Waals surface area contributed by atoms with E-state index in [1.165, 1.54) is 6.92 Å². The van der Waals surface area contributed by atoms with Gasteiger partial charge in [-0.1, -0.05) is 5.92 Å². The second kappa shape index (κ2) is 12.0. The standard InChI is InChI=1S/C4H6O2.C3H8O2/c5-3-1-2-4-6;1-3(5)2-4/h5-6H,1,3H2;3-5H,2H2,1H3. The molecule has 0 heterocycles. The molecule has 0 saturated carbocycles. The minimum Gasteiger partial charge on any atom is -0.462 e. The van der Waals surface area contributed by atoms with Crippen LogP contribution >= 0.6 is 0 Å². The summed E-state index contributed by atoms with van der Waals surface area (Å²) >= 11 is 0. The largest absolute Gasteiger partial charge is 0.462 e. The first-order valence-electron chi connectivity index (χ1n) is 3.20. The van der Waals surface area contributed by atoms with Crippen LogP contribution in [0.15, 0.2) is 0 Å². The van der Waals surface area contributed by atoms with Crippen molar-refractivity contribution in [3.63, 3.8) is 0 Å². The summed E-state index contributed by atoms with van der Waals surface area (Å²) in [5.41, 5.74) is 0. The van der Waals surface area contributed by atoms with Crippen LogP contribution in [-0.4, -0.2) is 39.7 Å². The summed E-state index contributed by atoms with van der Waals surface area (Å²) in [5.74, 6) is 2.25. The van der Waals surface area contributed by atoms with Crippen molar-refractivity contribution < 1.29 is 20.4 Å². The maximum Gasteiger partial charge on any atom is 0.107 e. The molecular formula is C7H14O4. The Balaban J connectivity index is 0. The number of hydrogen-bond acceptors (Lipinski definition) is 4. The third kappa shape index (κ3) is 26.9. The molecule has 0 aromatic carbocycles. The first-order valence-corrected chi connectivity index (χ1v) is 3.20. The van der Waals surface area contributed by atoms with Crippen molar-refractivity contribution in [3.05, 3.63) is 0 Å². The van der Waals surface area contributed by atoms with E-state index in [2.05, 4.69) is 5.92 Å². The normalized spacial score (nSPS) is 10.2. The fourth-order valence-corrected chi connectivity index (χ4v) is 0.112. The van der Waals surface area contributed by atoms with Crippen molar-refractivity contribution in [1.82, 2.24) is 0 Å². The van der Waals surface area contributed by atoms with Gasteiger partial charge < -0.3 is 20.4 Å². The maximum absolute atomic E-state index is 8.11. The van der Waals surface area contributed by atoms with Crippen LogP contribution in [0.3, 0.4) is 0 Å². The van der Waals surface area contributed by atoms with Crippen LogP contribution in [0.4, 0.5) is 0 Å². The number of aliphatic hydroxyl groups is 4. The number of rotatable bonds is 2. The van der Waals surface area contributed by atoms with E-state index in [9.17, 15) is 0 Å². The Bertz CT molecular complexity index is 111. The molecule has 0 radical (unpaired) electrons. The Labute approximate surface area is 66.1 Å². The number of aliphatic hydroxyl groups excluding tert-OH is 4. The Kier molecular flexibility index (Phi) is 14.0. The van der Waals surface area contributed by atoms with Gasteiger partial charge in [0.15, 0.2) is 0 Å². The molecule has 0 aromatic rings. The van der Waals surface area contributed by atoms with Crippen molar-refractivity contribution in [2.75, 3.05) is 13.2 Å². The van der Waals surface area contributed by atoms with Crippen LogP contribution in [0.1, 0.15) is 13.3 Å². The summed E-state index contributed by atoms with van der Waals surface area (Å²) in [4.78, 5) is 0. The molecule has 0 aliphatic carbocycles. The molecule has 1 atom stereocenters. The third-order valence-electron chi connectivity index (χ3n) is 0.580. The van der Waals surface area contributed by atoms with Crippen LogP contribution in [-0.2, 0) is 0 Å². The maximum atomic E-state index is 8.11. The Hall–Kier alpha value is -0.760. The molecule has 0 rings (SSSR count). The van der Waals surface area contributed by atoms with Gasteiger partial charge >= 0.3 is 0 Å². The van der Waals surface area contributed by atoms with E-state index in [1.54, 1.807) is 6.11 Å². The highest BCUT2D eigenvalue weighted by Crippen LogP contribution is 1.68. The van der Waals surface area contributed by atoms with Crippen molar-refractivity contribution in [3.8, 4) is 12.0 Å². The highest BCUT2D eigenvalue weighted by molar-refractivity contribution is 4.88. The molecule has 0 bridgehead atoms. The fraction of sp³-hybridized carbons (Fsp3) is 0.714. The highest BCUT2D eigenvalue weighted by atomic mass is 16.3. The van der Waals surface area contributed by atoms with Crippen molar-refractivity contribution >= 4 is 0 Å². The second-order valence-electron chi connectivity index (χ2n) is 1.79. The molecule has 4 heteroatoms. The molecule has 0 saturated heterocycles. The lowest BCUT2D eigenvalue weighted by Gasteiger charge is -1.90. The second-order valence-corrected chi connectivity index (χ2v) is 1.79. The van der Waals surface area contributed by atoms with E-state index < -0.39 is 6.10 Å². The lowest BCUT2D eigenvalue weighted by atomic mass is 10.5. The van der Waals surface area contributed by atoms with Crippen LogP contribution in [0, 0.1) is 12.0 Å². The van der Waals surface area contributed by atoms with Gasteiger partial charge in [0.25, 0.3) is 0 Å². The summed E-state index contributed by atoms with van der Waals surface area (Å²) in [6.07, 6.45) is 1.46. The summed E-state index contributed by atoms with van der Waals surface area (Å²) in [6.45, 7) is 1.41. The van der Waals surface area contributed by atoms with Gasteiger partial charge in [-0.25, -0.2) is 0 Å². The fourth-order valence-electron chi connectivity index (χ4n) is 0.112. The average molecular weight is 162 g/mol. The van der Waals surface area contributed by atoms with Gasteiger partial charge in [0.2, 0.25) is 0 Å². The molecule has 0 amide bonds. The zero-order valence-corrected chi connectivity index (χ0v) is 6.49. The monoisotopic (exact) mass is 162 g/mol. The minimum atomic E-state index is -0.560. The summed E-state index contributed by atoms with van der Waals surface area (Å²) in [7, 11) is 0. The molecule has 11 heavy (non-hydrogen) atoms. The first-order chi connectivity index (χ1) is 5.18. The SMILES string of the molecule is CC(O)CO.OC#CCCO. The van der Waals surface area contributed by atoms with Gasteiger partial charge in [0.05, 0.1) is 19.3 Å². The zero-order chi connectivity index (χ0) is 9.11. The van der Waals surface area contributed by atoms with Crippen molar-refractivity contribution in [2.45, 2.75) is 19.4 Å². The van der Waals surface area contributed by atoms with Crippen LogP contribution in [0.2, 0.25) is 0 Å². The predicted molar refractivity (Wildman–Crippen MR) is 40.2 cm³/mol. The molecule has 4 N–H and O–H groups in total. The number of hydrogen-bond donors (Lipinski definition) is 4. The predicted octanol–water partition coefficient (Wildman–Crippen LogP) is -0.938. The molecule has 4 nitrogen and oxygen atoms in total. The molecule has 0 fully saturated rings. The molecule has 1 unspecified atom stereocenters. The topological polar surface area (TPSA) is 80.9 Å². The van der Waals surface area contributed by atoms with E-state index in [-0.39, 0.29) is 13.2 Å². The Morgan fingerprint density at radius 3 is 1.91 bits per heavy atom. The first kappa shape index (κ1) is 12.9. The lowest BCUT2D eigenvalue weighted by Crippen LogP contribution is -2.03. The molecule has 66 valence electrons. The van der Waals surface area contributed by atoms with E-state index >= 15 is 0 Å². The highest BCUT2D eigenvalue weighted by Gasteiger charge is 1.83. The smallest absolute Gasteiger partial charge is 0.107 e. The molecule has 0 aromatic heterocycles. The summed E-state index contributed by atoms with van der Waals surface area (Å²) < 4.78 is 0. The Morgan fingerprint density at radius 2 is 1.82 bits per heavy atom.